The van der Waals surface area contributed by atoms with Gasteiger partial charge in [-0.25, -0.2) is 0 Å². The lowest BCUT2D eigenvalue weighted by Gasteiger charge is -2.13. The first-order chi connectivity index (χ1) is 7.66. The minimum atomic E-state index is -0.402. The molecule has 4 heteroatoms. The zero-order valence-electron chi connectivity index (χ0n) is 10.9. The summed E-state index contributed by atoms with van der Waals surface area (Å²) in [7, 11) is 1.71. The fourth-order valence-electron chi connectivity index (χ4n) is 1.26. The van der Waals surface area contributed by atoms with E-state index >= 15 is 0 Å². The predicted octanol–water partition coefficient (Wildman–Crippen LogP) is 1.04. The van der Waals surface area contributed by atoms with Crippen LogP contribution in [0.15, 0.2) is 0 Å². The van der Waals surface area contributed by atoms with Crippen LogP contribution in [0.1, 0.15) is 26.7 Å². The van der Waals surface area contributed by atoms with Crippen molar-refractivity contribution in [1.29, 1.82) is 0 Å². The maximum Gasteiger partial charge on any atom is 0.0897 e. The third kappa shape index (κ3) is 11.9. The van der Waals surface area contributed by atoms with E-state index in [0.29, 0.717) is 25.7 Å². The van der Waals surface area contributed by atoms with Crippen molar-refractivity contribution in [3.63, 3.8) is 0 Å². The first kappa shape index (κ1) is 15.8. The maximum atomic E-state index is 9.55. The molecule has 16 heavy (non-hydrogen) atoms. The third-order valence-electron chi connectivity index (χ3n) is 2.09. The summed E-state index contributed by atoms with van der Waals surface area (Å²) >= 11 is 0. The number of methoxy groups -OCH3 is 1. The van der Waals surface area contributed by atoms with Gasteiger partial charge in [0.2, 0.25) is 0 Å². The smallest absolute Gasteiger partial charge is 0.0897 e. The molecular weight excluding hydrogens is 206 g/mol. The number of aliphatic hydroxyl groups excluding tert-OH is 1. The highest BCUT2D eigenvalue weighted by Gasteiger charge is 2.03. The highest BCUT2D eigenvalue weighted by Crippen LogP contribution is 1.94. The van der Waals surface area contributed by atoms with Crippen molar-refractivity contribution in [3.8, 4) is 0 Å². The van der Waals surface area contributed by atoms with Crippen LogP contribution in [0.25, 0.3) is 0 Å². The Hall–Kier alpha value is -0.160. The van der Waals surface area contributed by atoms with Gasteiger partial charge < -0.3 is 19.9 Å². The molecule has 0 aromatic heterocycles. The maximum absolute atomic E-state index is 9.55. The van der Waals surface area contributed by atoms with Crippen LogP contribution in [0, 0.1) is 5.92 Å². The molecule has 4 nitrogen and oxygen atoms in total. The lowest BCUT2D eigenvalue weighted by molar-refractivity contribution is 0.0262. The number of ether oxygens (including phenoxy) is 2. The molecule has 0 saturated heterocycles. The van der Waals surface area contributed by atoms with E-state index in [0.717, 1.165) is 26.0 Å². The highest BCUT2D eigenvalue weighted by molar-refractivity contribution is 4.58. The molecular formula is C12H27NO3. The van der Waals surface area contributed by atoms with E-state index in [4.69, 9.17) is 9.47 Å². The van der Waals surface area contributed by atoms with Crippen molar-refractivity contribution in [2.45, 2.75) is 32.8 Å². The van der Waals surface area contributed by atoms with Crippen molar-refractivity contribution in [2.75, 3.05) is 40.0 Å². The van der Waals surface area contributed by atoms with Crippen molar-refractivity contribution in [2.24, 2.45) is 5.92 Å². The molecule has 0 heterocycles. The average molecular weight is 233 g/mol. The number of hydrogen-bond acceptors (Lipinski definition) is 4. The van der Waals surface area contributed by atoms with E-state index in [1.807, 2.05) is 0 Å². The fraction of sp³-hybridized carbons (Fsp3) is 1.00. The van der Waals surface area contributed by atoms with Crippen LogP contribution >= 0.6 is 0 Å². The van der Waals surface area contributed by atoms with Crippen LogP contribution in [0.3, 0.4) is 0 Å². The largest absolute Gasteiger partial charge is 0.389 e. The number of unbranched alkanes of at least 4 members (excludes halogenated alkanes) is 1. The van der Waals surface area contributed by atoms with Gasteiger partial charge in [-0.3, -0.25) is 0 Å². The van der Waals surface area contributed by atoms with E-state index < -0.39 is 6.10 Å². The number of aliphatic hydroxyl groups is 1. The topological polar surface area (TPSA) is 50.7 Å². The van der Waals surface area contributed by atoms with Crippen LogP contribution in [0.5, 0.6) is 0 Å². The Bertz CT molecular complexity index is 142. The molecule has 1 unspecified atom stereocenters. The van der Waals surface area contributed by atoms with Gasteiger partial charge in [-0.05, 0) is 25.3 Å². The van der Waals surface area contributed by atoms with Crippen molar-refractivity contribution < 1.29 is 14.6 Å². The predicted molar refractivity (Wildman–Crippen MR) is 65.6 cm³/mol. The molecule has 0 bridgehead atoms. The molecule has 0 aromatic carbocycles. The van der Waals surface area contributed by atoms with Crippen molar-refractivity contribution in [3.05, 3.63) is 0 Å². The lowest BCUT2D eigenvalue weighted by atomic mass is 10.2. The molecule has 0 rings (SSSR count). The van der Waals surface area contributed by atoms with E-state index in [2.05, 4.69) is 19.2 Å². The molecule has 98 valence electrons. The minimum Gasteiger partial charge on any atom is -0.389 e. The van der Waals surface area contributed by atoms with Gasteiger partial charge in [0, 0.05) is 26.9 Å². The average Bonchev–Trinajstić information content (AvgIpc) is 2.22. The molecule has 0 radical (unpaired) electrons. The Morgan fingerprint density at radius 2 is 1.94 bits per heavy atom. The summed E-state index contributed by atoms with van der Waals surface area (Å²) in [6.07, 6.45) is 1.73. The van der Waals surface area contributed by atoms with Gasteiger partial charge in [0.05, 0.1) is 12.7 Å². The summed E-state index contributed by atoms with van der Waals surface area (Å²) in [5.41, 5.74) is 0. The molecule has 0 saturated carbocycles. The zero-order chi connectivity index (χ0) is 12.2. The van der Waals surface area contributed by atoms with Crippen molar-refractivity contribution in [1.82, 2.24) is 5.32 Å². The van der Waals surface area contributed by atoms with Crippen LogP contribution in [-0.4, -0.2) is 51.2 Å². The van der Waals surface area contributed by atoms with Gasteiger partial charge in [0.1, 0.15) is 0 Å². The van der Waals surface area contributed by atoms with E-state index in [1.54, 1.807) is 7.11 Å². The molecule has 0 aliphatic rings. The zero-order valence-corrected chi connectivity index (χ0v) is 10.9. The minimum absolute atomic E-state index is 0.402. The Morgan fingerprint density at radius 3 is 2.56 bits per heavy atom. The van der Waals surface area contributed by atoms with E-state index in [9.17, 15) is 5.11 Å². The van der Waals surface area contributed by atoms with Crippen molar-refractivity contribution >= 4 is 0 Å². The molecule has 0 amide bonds. The summed E-state index contributed by atoms with van der Waals surface area (Å²) < 4.78 is 10.3. The van der Waals surface area contributed by atoms with Gasteiger partial charge in [-0.2, -0.15) is 0 Å². The lowest BCUT2D eigenvalue weighted by Crippen LogP contribution is -2.31. The van der Waals surface area contributed by atoms with Gasteiger partial charge >= 0.3 is 0 Å². The molecule has 2 N–H and O–H groups in total. The second-order valence-electron chi connectivity index (χ2n) is 4.49. The fourth-order valence-corrected chi connectivity index (χ4v) is 1.26. The second kappa shape index (κ2) is 11.3. The van der Waals surface area contributed by atoms with Crippen LogP contribution < -0.4 is 5.32 Å². The van der Waals surface area contributed by atoms with Crippen LogP contribution in [-0.2, 0) is 9.47 Å². The quantitative estimate of drug-likeness (QED) is 0.524. The number of nitrogens with one attached hydrogen (secondary N) is 1. The second-order valence-corrected chi connectivity index (χ2v) is 4.49. The molecule has 0 aromatic rings. The first-order valence-corrected chi connectivity index (χ1v) is 6.12. The Balaban J connectivity index is 3.14. The van der Waals surface area contributed by atoms with Gasteiger partial charge in [0.15, 0.2) is 0 Å². The Labute approximate surface area is 99.3 Å². The molecule has 0 aliphatic heterocycles. The Morgan fingerprint density at radius 1 is 1.19 bits per heavy atom. The van der Waals surface area contributed by atoms with Gasteiger partial charge in [-0.15, -0.1) is 0 Å². The van der Waals surface area contributed by atoms with Gasteiger partial charge in [-0.1, -0.05) is 13.8 Å². The first-order valence-electron chi connectivity index (χ1n) is 6.12. The molecule has 0 fully saturated rings. The van der Waals surface area contributed by atoms with E-state index in [-0.39, 0.29) is 0 Å². The summed E-state index contributed by atoms with van der Waals surface area (Å²) in [5, 5.41) is 12.7. The standard InChI is InChI=1S/C12H27NO3/c1-11(2)9-16-10-12(14)8-13-6-4-5-7-15-3/h11-14H,4-10H2,1-3H3. The molecule has 1 atom stereocenters. The van der Waals surface area contributed by atoms with E-state index in [1.165, 1.54) is 0 Å². The SMILES string of the molecule is COCCCCNCC(O)COCC(C)C. The van der Waals surface area contributed by atoms with Crippen LogP contribution in [0.2, 0.25) is 0 Å². The summed E-state index contributed by atoms with van der Waals surface area (Å²) in [5.74, 6) is 0.522. The normalized spacial score (nSPS) is 13.3. The molecule has 0 spiro atoms. The van der Waals surface area contributed by atoms with Gasteiger partial charge in [0.25, 0.3) is 0 Å². The number of rotatable bonds is 11. The Kier molecular flexibility index (Phi) is 11.2. The monoisotopic (exact) mass is 233 g/mol. The summed E-state index contributed by atoms with van der Waals surface area (Å²) in [4.78, 5) is 0. The number of hydrogen-bond donors (Lipinski definition) is 2. The summed E-state index contributed by atoms with van der Waals surface area (Å²) in [6.45, 7) is 7.66. The van der Waals surface area contributed by atoms with Crippen LogP contribution in [0.4, 0.5) is 0 Å². The highest BCUT2D eigenvalue weighted by atomic mass is 16.5. The third-order valence-corrected chi connectivity index (χ3v) is 2.09. The summed E-state index contributed by atoms with van der Waals surface area (Å²) in [6, 6.07) is 0. The molecule has 0 aliphatic carbocycles.